The molecule has 0 N–H and O–H groups in total. The van der Waals surface area contributed by atoms with Gasteiger partial charge >= 0.3 is 5.97 Å². The summed E-state index contributed by atoms with van der Waals surface area (Å²) in [5.41, 5.74) is 1.80. The van der Waals surface area contributed by atoms with Crippen molar-refractivity contribution in [3.05, 3.63) is 84.2 Å². The first-order valence-corrected chi connectivity index (χ1v) is 8.77. The van der Waals surface area contributed by atoms with Gasteiger partial charge in [0, 0.05) is 19.4 Å². The Morgan fingerprint density at radius 2 is 1.68 bits per heavy atom. The molecule has 0 aliphatic rings. The Labute approximate surface area is 162 Å². The van der Waals surface area contributed by atoms with Gasteiger partial charge in [-0.1, -0.05) is 54.6 Å². The first kappa shape index (κ1) is 19.2. The van der Waals surface area contributed by atoms with E-state index in [1.54, 1.807) is 44.4 Å². The number of carbonyl (C=O) groups is 2. The highest BCUT2D eigenvalue weighted by Gasteiger charge is 2.27. The molecule has 0 spiro atoms. The van der Waals surface area contributed by atoms with Crippen LogP contribution in [0.3, 0.4) is 0 Å². The SMILES string of the molecule is CCOC(=O)/C(F)=C(\C(=O)c1nccn1C)c1ccc(-c2ccccc2)cc1. The summed E-state index contributed by atoms with van der Waals surface area (Å²) in [6.45, 7) is 1.57. The van der Waals surface area contributed by atoms with E-state index in [0.29, 0.717) is 0 Å². The molecule has 0 saturated carbocycles. The van der Waals surface area contributed by atoms with Crippen LogP contribution in [0.5, 0.6) is 0 Å². The highest BCUT2D eigenvalue weighted by atomic mass is 19.1. The standard InChI is InChI=1S/C22H19FN2O3/c1-3-28-22(27)19(23)18(20(26)21-24-13-14-25(21)2)17-11-9-16(10-12-17)15-7-5-4-6-8-15/h4-14H,3H2,1-2H3/b19-18+. The average molecular weight is 378 g/mol. The van der Waals surface area contributed by atoms with E-state index in [4.69, 9.17) is 4.74 Å². The first-order valence-electron chi connectivity index (χ1n) is 8.77. The molecule has 142 valence electrons. The molecule has 28 heavy (non-hydrogen) atoms. The van der Waals surface area contributed by atoms with Crippen LogP contribution in [0.1, 0.15) is 23.1 Å². The molecule has 0 amide bonds. The molecule has 5 nitrogen and oxygen atoms in total. The lowest BCUT2D eigenvalue weighted by atomic mass is 9.97. The molecule has 0 saturated heterocycles. The Hall–Kier alpha value is -3.54. The summed E-state index contributed by atoms with van der Waals surface area (Å²) in [5.74, 6) is -3.07. The Balaban J connectivity index is 2.07. The van der Waals surface area contributed by atoms with Gasteiger partial charge in [-0.2, -0.15) is 4.39 Å². The third kappa shape index (κ3) is 3.91. The van der Waals surface area contributed by atoms with E-state index >= 15 is 0 Å². The molecule has 0 aliphatic heterocycles. The first-order chi connectivity index (χ1) is 13.5. The van der Waals surface area contributed by atoms with Crippen molar-refractivity contribution in [3.8, 4) is 11.1 Å². The molecule has 2 aromatic carbocycles. The topological polar surface area (TPSA) is 61.2 Å². The second kappa shape index (κ2) is 8.43. The third-order valence-electron chi connectivity index (χ3n) is 4.21. The lowest BCUT2D eigenvalue weighted by Gasteiger charge is -2.10. The van der Waals surface area contributed by atoms with Crippen molar-refractivity contribution in [2.75, 3.05) is 6.61 Å². The molecule has 6 heteroatoms. The summed E-state index contributed by atoms with van der Waals surface area (Å²) in [4.78, 5) is 28.9. The zero-order valence-electron chi connectivity index (χ0n) is 15.6. The maximum Gasteiger partial charge on any atom is 0.367 e. The number of nitrogens with zero attached hydrogens (tertiary/aromatic N) is 2. The summed E-state index contributed by atoms with van der Waals surface area (Å²) in [6.07, 6.45) is 3.01. The highest BCUT2D eigenvalue weighted by Crippen LogP contribution is 2.27. The van der Waals surface area contributed by atoms with Gasteiger partial charge in [-0.15, -0.1) is 0 Å². The van der Waals surface area contributed by atoms with Crippen LogP contribution < -0.4 is 0 Å². The second-order valence-corrected chi connectivity index (χ2v) is 6.04. The van der Waals surface area contributed by atoms with Crippen molar-refractivity contribution in [2.24, 2.45) is 7.05 Å². The maximum absolute atomic E-state index is 14.9. The molecule has 0 aliphatic carbocycles. The fraction of sp³-hybridized carbons (Fsp3) is 0.136. The van der Waals surface area contributed by atoms with E-state index in [-0.39, 0.29) is 23.6 Å². The number of hydrogen-bond acceptors (Lipinski definition) is 4. The van der Waals surface area contributed by atoms with Gasteiger partial charge in [0.05, 0.1) is 12.2 Å². The fourth-order valence-electron chi connectivity index (χ4n) is 2.81. The largest absolute Gasteiger partial charge is 0.461 e. The van der Waals surface area contributed by atoms with E-state index in [9.17, 15) is 14.0 Å². The molecule has 0 atom stereocenters. The number of ketones is 1. The Kier molecular flexibility index (Phi) is 5.79. The number of carbonyl (C=O) groups excluding carboxylic acids is 2. The smallest absolute Gasteiger partial charge is 0.367 e. The van der Waals surface area contributed by atoms with Gasteiger partial charge in [-0.3, -0.25) is 4.79 Å². The van der Waals surface area contributed by atoms with Crippen molar-refractivity contribution in [2.45, 2.75) is 6.92 Å². The molecule has 0 fully saturated rings. The number of allylic oxidation sites excluding steroid dienone is 1. The van der Waals surface area contributed by atoms with Crippen LogP contribution >= 0.6 is 0 Å². The molecule has 3 aromatic rings. The van der Waals surface area contributed by atoms with Crippen molar-refractivity contribution in [3.63, 3.8) is 0 Å². The minimum absolute atomic E-state index is 0.00305. The van der Waals surface area contributed by atoms with Crippen molar-refractivity contribution >= 4 is 17.3 Å². The minimum Gasteiger partial charge on any atom is -0.461 e. The quantitative estimate of drug-likeness (QED) is 0.366. The van der Waals surface area contributed by atoms with Gasteiger partial charge in [-0.25, -0.2) is 9.78 Å². The van der Waals surface area contributed by atoms with Gasteiger partial charge in [-0.05, 0) is 23.6 Å². The van der Waals surface area contributed by atoms with Crippen LogP contribution in [0.15, 0.2) is 72.8 Å². The number of esters is 1. The van der Waals surface area contributed by atoms with Gasteiger partial charge < -0.3 is 9.30 Å². The number of halogens is 1. The lowest BCUT2D eigenvalue weighted by molar-refractivity contribution is -0.140. The van der Waals surface area contributed by atoms with Crippen LogP contribution in [0.2, 0.25) is 0 Å². The molecular formula is C22H19FN2O3. The molecule has 0 bridgehead atoms. The monoisotopic (exact) mass is 378 g/mol. The number of rotatable bonds is 6. The van der Waals surface area contributed by atoms with Crippen LogP contribution in [-0.2, 0) is 16.6 Å². The van der Waals surface area contributed by atoms with E-state index < -0.39 is 17.6 Å². The van der Waals surface area contributed by atoms with Gasteiger partial charge in [0.1, 0.15) is 0 Å². The van der Waals surface area contributed by atoms with Crippen LogP contribution in [0, 0.1) is 0 Å². The van der Waals surface area contributed by atoms with Gasteiger partial charge in [0.2, 0.25) is 11.6 Å². The number of benzene rings is 2. The number of ether oxygens (including phenoxy) is 1. The van der Waals surface area contributed by atoms with E-state index in [2.05, 4.69) is 4.98 Å². The predicted molar refractivity (Wildman–Crippen MR) is 104 cm³/mol. The van der Waals surface area contributed by atoms with Gasteiger partial charge in [0.15, 0.2) is 5.82 Å². The molecule has 1 heterocycles. The highest BCUT2D eigenvalue weighted by molar-refractivity contribution is 6.31. The zero-order valence-corrected chi connectivity index (χ0v) is 15.6. The minimum atomic E-state index is -1.23. The maximum atomic E-state index is 14.9. The van der Waals surface area contributed by atoms with Crippen molar-refractivity contribution in [1.29, 1.82) is 0 Å². The Morgan fingerprint density at radius 1 is 1.04 bits per heavy atom. The predicted octanol–water partition coefficient (Wildman–Crippen LogP) is 4.21. The summed E-state index contributed by atoms with van der Waals surface area (Å²) >= 11 is 0. The second-order valence-electron chi connectivity index (χ2n) is 6.04. The average Bonchev–Trinajstić information content (AvgIpc) is 3.15. The van der Waals surface area contributed by atoms with E-state index in [1.165, 1.54) is 10.8 Å². The third-order valence-corrected chi connectivity index (χ3v) is 4.21. The summed E-state index contributed by atoms with van der Waals surface area (Å²) in [5, 5.41) is 0. The lowest BCUT2D eigenvalue weighted by Crippen LogP contribution is -2.15. The van der Waals surface area contributed by atoms with Crippen LogP contribution in [0.4, 0.5) is 4.39 Å². The molecule has 0 radical (unpaired) electrons. The zero-order chi connectivity index (χ0) is 20.1. The molecule has 3 rings (SSSR count). The van der Waals surface area contributed by atoms with Crippen molar-refractivity contribution < 1.29 is 18.7 Å². The number of imidazole rings is 1. The van der Waals surface area contributed by atoms with Gasteiger partial charge in [0.25, 0.3) is 0 Å². The van der Waals surface area contributed by atoms with Crippen LogP contribution in [0.25, 0.3) is 16.7 Å². The number of hydrogen-bond donors (Lipinski definition) is 0. The molecule has 1 aromatic heterocycles. The van der Waals surface area contributed by atoms with Crippen molar-refractivity contribution in [1.82, 2.24) is 9.55 Å². The summed E-state index contributed by atoms with van der Waals surface area (Å²) in [7, 11) is 1.62. The Bertz CT molecular complexity index is 1020. The normalized spacial score (nSPS) is 11.7. The van der Waals surface area contributed by atoms with E-state index in [1.807, 2.05) is 30.3 Å². The fourth-order valence-corrected chi connectivity index (χ4v) is 2.81. The summed E-state index contributed by atoms with van der Waals surface area (Å²) < 4.78 is 21.1. The molecule has 0 unspecified atom stereocenters. The number of aromatic nitrogens is 2. The number of aryl methyl sites for hydroxylation is 1. The Morgan fingerprint density at radius 3 is 2.25 bits per heavy atom. The van der Waals surface area contributed by atoms with E-state index in [0.717, 1.165) is 11.1 Å². The van der Waals surface area contributed by atoms with Crippen LogP contribution in [-0.4, -0.2) is 27.9 Å². The number of Topliss-reactive ketones (excluding diaryl/α,β-unsaturated/α-hetero) is 1. The summed E-state index contributed by atoms with van der Waals surface area (Å²) in [6, 6.07) is 16.4. The molecular weight excluding hydrogens is 359 g/mol.